The fourth-order valence-corrected chi connectivity index (χ4v) is 10.1. The first kappa shape index (κ1) is 36.7. The molecule has 12 nitrogen and oxygen atoms in total. The molecular formula is C46H44N2O10. The lowest BCUT2D eigenvalue weighted by atomic mass is 9.72. The summed E-state index contributed by atoms with van der Waals surface area (Å²) in [6.07, 6.45) is 2.67. The monoisotopic (exact) mass is 784 g/mol. The average Bonchev–Trinajstić information content (AvgIpc) is 3.96. The lowest BCUT2D eigenvalue weighted by Gasteiger charge is -2.41. The predicted octanol–water partition coefficient (Wildman–Crippen LogP) is 5.65. The minimum absolute atomic E-state index is 0.0796. The number of phenolic OH excluding ortho intramolecular Hbond substituents is 1. The van der Waals surface area contributed by atoms with Crippen LogP contribution in [0.1, 0.15) is 80.1 Å². The van der Waals surface area contributed by atoms with Crippen molar-refractivity contribution in [3.8, 4) is 29.3 Å². The Kier molecular flexibility index (Phi) is 9.29. The highest BCUT2D eigenvalue weighted by Gasteiger charge is 2.48. The number of aromatic amines is 1. The lowest BCUT2D eigenvalue weighted by molar-refractivity contribution is -0.279. The van der Waals surface area contributed by atoms with Crippen molar-refractivity contribution < 1.29 is 48.6 Å². The molecule has 58 heavy (non-hydrogen) atoms. The van der Waals surface area contributed by atoms with Gasteiger partial charge in [-0.05, 0) is 83.4 Å². The van der Waals surface area contributed by atoms with Gasteiger partial charge in [0.2, 0.25) is 6.29 Å². The molecule has 6 bridgehead atoms. The Morgan fingerprint density at radius 3 is 2.74 bits per heavy atom. The number of ether oxygens (including phenoxy) is 5. The van der Waals surface area contributed by atoms with Crippen molar-refractivity contribution in [2.75, 3.05) is 20.3 Å². The van der Waals surface area contributed by atoms with Gasteiger partial charge in [0, 0.05) is 47.3 Å². The minimum atomic E-state index is -1.55. The maximum absolute atomic E-state index is 14.7. The number of nitrogens with zero attached hydrogens (tertiary/aromatic N) is 1. The van der Waals surface area contributed by atoms with Crippen LogP contribution < -0.4 is 9.47 Å². The van der Waals surface area contributed by atoms with Crippen LogP contribution in [0.3, 0.4) is 0 Å². The van der Waals surface area contributed by atoms with E-state index in [1.807, 2.05) is 42.6 Å². The molecule has 10 rings (SSSR count). The number of amides is 1. The molecule has 0 spiro atoms. The molecule has 2 fully saturated rings. The van der Waals surface area contributed by atoms with E-state index in [0.29, 0.717) is 29.0 Å². The van der Waals surface area contributed by atoms with Gasteiger partial charge >= 0.3 is 0 Å². The van der Waals surface area contributed by atoms with Gasteiger partial charge in [0.05, 0.1) is 37.8 Å². The first-order valence-electron chi connectivity index (χ1n) is 20.1. The van der Waals surface area contributed by atoms with E-state index < -0.39 is 30.7 Å². The van der Waals surface area contributed by atoms with Crippen molar-refractivity contribution in [3.05, 3.63) is 99.7 Å². The predicted molar refractivity (Wildman–Crippen MR) is 212 cm³/mol. The Morgan fingerprint density at radius 2 is 1.86 bits per heavy atom. The van der Waals surface area contributed by atoms with Gasteiger partial charge in [-0.15, -0.1) is 0 Å². The number of rotatable bonds is 5. The van der Waals surface area contributed by atoms with Crippen LogP contribution in [0.2, 0.25) is 0 Å². The number of aromatic nitrogens is 1. The molecule has 1 saturated heterocycles. The van der Waals surface area contributed by atoms with E-state index in [9.17, 15) is 24.9 Å². The molecule has 12 heteroatoms. The van der Waals surface area contributed by atoms with Crippen molar-refractivity contribution in [2.45, 2.75) is 88.3 Å². The Hall–Kier alpha value is -5.58. The summed E-state index contributed by atoms with van der Waals surface area (Å²) in [5, 5.41) is 37.9. The van der Waals surface area contributed by atoms with Crippen LogP contribution in [0.4, 0.5) is 0 Å². The second-order valence-corrected chi connectivity index (χ2v) is 16.1. The Labute approximate surface area is 334 Å². The van der Waals surface area contributed by atoms with Crippen LogP contribution in [-0.2, 0) is 40.2 Å². The first-order chi connectivity index (χ1) is 28.3. The van der Waals surface area contributed by atoms with E-state index in [1.54, 1.807) is 18.2 Å². The van der Waals surface area contributed by atoms with Crippen LogP contribution in [0.25, 0.3) is 21.7 Å². The number of Topliss-reactive ketones (excluding diaryl/α,β-unsaturated/α-hetero) is 1. The molecular weight excluding hydrogens is 741 g/mol. The summed E-state index contributed by atoms with van der Waals surface area (Å²) in [5.41, 5.74) is 5.96. The van der Waals surface area contributed by atoms with E-state index >= 15 is 0 Å². The number of carbonyl (C=O) groups is 2. The number of benzene rings is 4. The number of ketones is 1. The average molecular weight is 785 g/mol. The van der Waals surface area contributed by atoms with Crippen molar-refractivity contribution >= 4 is 33.4 Å². The number of aryl methyl sites for hydroxylation is 1. The summed E-state index contributed by atoms with van der Waals surface area (Å²) >= 11 is 0. The second kappa shape index (κ2) is 14.7. The molecule has 7 atom stereocenters. The molecule has 3 aliphatic heterocycles. The zero-order valence-electron chi connectivity index (χ0n) is 32.0. The van der Waals surface area contributed by atoms with Gasteiger partial charge < -0.3 is 48.9 Å². The number of aliphatic hydroxyl groups is 2. The zero-order chi connectivity index (χ0) is 39.7. The van der Waals surface area contributed by atoms with E-state index in [0.717, 1.165) is 64.4 Å². The van der Waals surface area contributed by atoms with Crippen molar-refractivity contribution in [1.82, 2.24) is 9.88 Å². The van der Waals surface area contributed by atoms with Crippen molar-refractivity contribution in [2.24, 2.45) is 5.92 Å². The summed E-state index contributed by atoms with van der Waals surface area (Å²) in [6, 6.07) is 16.7. The number of H-pyrrole nitrogens is 1. The number of hydrogen-bond donors (Lipinski definition) is 4. The van der Waals surface area contributed by atoms with E-state index in [1.165, 1.54) is 12.0 Å². The van der Waals surface area contributed by atoms with Crippen LogP contribution in [0, 0.1) is 17.9 Å². The van der Waals surface area contributed by atoms with E-state index in [4.69, 9.17) is 23.7 Å². The normalized spacial score (nSPS) is 26.3. The number of fused-ring (bicyclic) bond motifs is 10. The number of aromatic hydroxyl groups is 1. The Morgan fingerprint density at radius 1 is 0.983 bits per heavy atom. The SMILES string of the molecule is COc1cc2c3c(O)c(c4c(c3c1)CCC1CCCC41)C(=O)CN1Cc3c(cccc3C1=O)CC#COC1C(O)C(COCc3c[nH]c4ccccc34)OC(O2)C1O. The highest BCUT2D eigenvalue weighted by molar-refractivity contribution is 6.12. The summed E-state index contributed by atoms with van der Waals surface area (Å²) in [6.45, 7) is 0.128. The van der Waals surface area contributed by atoms with Gasteiger partial charge in [-0.2, -0.15) is 0 Å². The summed E-state index contributed by atoms with van der Waals surface area (Å²) in [4.78, 5) is 33.3. The largest absolute Gasteiger partial charge is 0.506 e. The maximum Gasteiger partial charge on any atom is 0.254 e. The van der Waals surface area contributed by atoms with Gasteiger partial charge in [-0.25, -0.2) is 0 Å². The van der Waals surface area contributed by atoms with E-state index in [-0.39, 0.29) is 72.8 Å². The summed E-state index contributed by atoms with van der Waals surface area (Å²) in [5.74, 6) is 3.14. The number of phenols is 1. The van der Waals surface area contributed by atoms with Gasteiger partial charge in [-0.1, -0.05) is 42.7 Å². The Balaban J connectivity index is 1.09. The second-order valence-electron chi connectivity index (χ2n) is 16.1. The molecule has 4 aromatic carbocycles. The van der Waals surface area contributed by atoms with Crippen LogP contribution in [0.15, 0.2) is 60.8 Å². The summed E-state index contributed by atoms with van der Waals surface area (Å²) < 4.78 is 30.7. The third-order valence-electron chi connectivity index (χ3n) is 12.9. The molecule has 0 radical (unpaired) electrons. The number of methoxy groups -OCH3 is 1. The van der Waals surface area contributed by atoms with Crippen LogP contribution in [0.5, 0.6) is 17.2 Å². The van der Waals surface area contributed by atoms with Gasteiger partial charge in [-0.3, -0.25) is 9.59 Å². The molecule has 2 aliphatic carbocycles. The van der Waals surface area contributed by atoms with Gasteiger partial charge in [0.15, 0.2) is 18.0 Å². The molecule has 5 aliphatic rings. The number of hydrogen-bond acceptors (Lipinski definition) is 10. The minimum Gasteiger partial charge on any atom is -0.506 e. The van der Waals surface area contributed by atoms with Gasteiger partial charge in [0.1, 0.15) is 35.6 Å². The molecule has 5 aromatic rings. The fourth-order valence-electron chi connectivity index (χ4n) is 10.1. The third-order valence-corrected chi connectivity index (χ3v) is 12.9. The van der Waals surface area contributed by atoms with Crippen LogP contribution in [-0.4, -0.2) is 87.9 Å². The highest BCUT2D eigenvalue weighted by Crippen LogP contribution is 2.54. The number of nitrogens with one attached hydrogen (secondary N) is 1. The first-order valence-corrected chi connectivity index (χ1v) is 20.1. The standard InChI is InChI=1S/C46H44N2O10/c1-54-27-17-32-30-15-14-25-8-4-11-29(25)38(30)40-35(49)21-48-20-33-24(7-5-12-31(33)45(48)53)9-6-16-56-44-41(50)37(23-55-22-26-19-47-34-13-3-2-10-28(26)34)58-46(43(44)52)57-36(18-27)39(32)42(40)51/h2-3,5,7,10,12-13,17-19,25,29,37,41,43-44,46-47,50-52H,4,8-9,11,14-15,20-23H2,1H3. The van der Waals surface area contributed by atoms with Gasteiger partial charge in [0.25, 0.3) is 5.91 Å². The number of para-hydroxylation sites is 1. The van der Waals surface area contributed by atoms with Crippen molar-refractivity contribution in [1.29, 1.82) is 0 Å². The lowest BCUT2D eigenvalue weighted by Crippen LogP contribution is -2.60. The molecule has 1 amide bonds. The molecule has 1 saturated carbocycles. The zero-order valence-corrected chi connectivity index (χ0v) is 32.0. The maximum atomic E-state index is 14.7. The molecule has 1 aromatic heterocycles. The Bertz CT molecular complexity index is 2530. The smallest absolute Gasteiger partial charge is 0.254 e. The number of carbonyl (C=O) groups excluding carboxylic acids is 2. The molecule has 298 valence electrons. The summed E-state index contributed by atoms with van der Waals surface area (Å²) in [7, 11) is 1.54. The fraction of sp³-hybridized carbons (Fsp3) is 0.391. The van der Waals surface area contributed by atoms with E-state index in [2.05, 4.69) is 17.0 Å². The highest BCUT2D eigenvalue weighted by atomic mass is 16.7. The number of aliphatic hydroxyl groups excluding tert-OH is 2. The topological polar surface area (TPSA) is 160 Å². The van der Waals surface area contributed by atoms with Crippen molar-refractivity contribution in [3.63, 3.8) is 0 Å². The molecule has 4 N–H and O–H groups in total. The van der Waals surface area contributed by atoms with Crippen LogP contribution >= 0.6 is 0 Å². The molecule has 4 heterocycles. The quantitative estimate of drug-likeness (QED) is 0.164. The third kappa shape index (κ3) is 6.07. The molecule has 7 unspecified atom stereocenters.